The van der Waals surface area contributed by atoms with Gasteiger partial charge in [-0.15, -0.1) is 0 Å². The molecule has 0 saturated heterocycles. The minimum atomic E-state index is -0.449. The van der Waals surface area contributed by atoms with E-state index >= 15 is 0 Å². The Kier molecular flexibility index (Phi) is 4.18. The number of anilines is 1. The number of hydrogen-bond acceptors (Lipinski definition) is 4. The van der Waals surface area contributed by atoms with Gasteiger partial charge in [-0.25, -0.2) is 9.78 Å². The van der Waals surface area contributed by atoms with E-state index < -0.39 is 6.04 Å². The van der Waals surface area contributed by atoms with Gasteiger partial charge in [-0.2, -0.15) is 0 Å². The van der Waals surface area contributed by atoms with Gasteiger partial charge in [0.05, 0.1) is 7.11 Å². The molecule has 5 nitrogen and oxygen atoms in total. The lowest BCUT2D eigenvalue weighted by Crippen LogP contribution is -2.33. The second-order valence-corrected chi connectivity index (χ2v) is 4.28. The molecule has 2 aromatic rings. The predicted octanol–water partition coefficient (Wildman–Crippen LogP) is 1.91. The van der Waals surface area contributed by atoms with Gasteiger partial charge < -0.3 is 15.0 Å². The molecule has 0 fully saturated rings. The van der Waals surface area contributed by atoms with Crippen LogP contribution in [0, 0.1) is 6.92 Å². The zero-order chi connectivity index (χ0) is 13.7. The van der Waals surface area contributed by atoms with Crippen LogP contribution in [-0.2, 0) is 16.0 Å². The van der Waals surface area contributed by atoms with Gasteiger partial charge in [0.15, 0.2) is 0 Å². The van der Waals surface area contributed by atoms with Crippen LogP contribution < -0.4 is 5.32 Å². The highest BCUT2D eigenvalue weighted by molar-refractivity contribution is 5.79. The molecule has 5 heteroatoms. The summed E-state index contributed by atoms with van der Waals surface area (Å²) < 4.78 is 4.82. The third-order valence-electron chi connectivity index (χ3n) is 2.80. The highest BCUT2D eigenvalue weighted by Gasteiger charge is 2.20. The van der Waals surface area contributed by atoms with E-state index in [1.54, 1.807) is 6.20 Å². The molecule has 1 aromatic carbocycles. The number of methoxy groups -OCH3 is 1. The number of carbonyl (C=O) groups is 1. The summed E-state index contributed by atoms with van der Waals surface area (Å²) in [7, 11) is 1.39. The topological polar surface area (TPSA) is 67.0 Å². The van der Waals surface area contributed by atoms with Gasteiger partial charge >= 0.3 is 5.97 Å². The van der Waals surface area contributed by atoms with Crippen LogP contribution in [0.5, 0.6) is 0 Å². The highest BCUT2D eigenvalue weighted by atomic mass is 16.5. The van der Waals surface area contributed by atoms with Gasteiger partial charge in [0.25, 0.3) is 0 Å². The Morgan fingerprint density at radius 3 is 2.74 bits per heavy atom. The molecule has 2 N–H and O–H groups in total. The number of aromatic amines is 1. The lowest BCUT2D eigenvalue weighted by atomic mass is 10.1. The van der Waals surface area contributed by atoms with Crippen LogP contribution in [0.15, 0.2) is 36.5 Å². The van der Waals surface area contributed by atoms with Crippen molar-refractivity contribution in [2.45, 2.75) is 19.4 Å². The first-order chi connectivity index (χ1) is 9.19. The molecular weight excluding hydrogens is 242 g/mol. The fourth-order valence-electron chi connectivity index (χ4n) is 1.86. The van der Waals surface area contributed by atoms with Crippen LogP contribution >= 0.6 is 0 Å². The Bertz CT molecular complexity index is 537. The maximum Gasteiger partial charge on any atom is 0.328 e. The van der Waals surface area contributed by atoms with E-state index in [0.717, 1.165) is 11.4 Å². The number of ether oxygens (including phenoxy) is 1. The number of hydrogen-bond donors (Lipinski definition) is 2. The monoisotopic (exact) mass is 259 g/mol. The highest BCUT2D eigenvalue weighted by Crippen LogP contribution is 2.10. The Morgan fingerprint density at radius 2 is 2.16 bits per heavy atom. The summed E-state index contributed by atoms with van der Waals surface area (Å²) in [6.45, 7) is 1.86. The minimum absolute atomic E-state index is 0.301. The van der Waals surface area contributed by atoms with E-state index in [1.165, 1.54) is 7.11 Å². The maximum absolute atomic E-state index is 11.8. The molecule has 0 aliphatic carbocycles. The molecule has 1 heterocycles. The summed E-state index contributed by atoms with van der Waals surface area (Å²) >= 11 is 0. The molecule has 1 atom stereocenters. The van der Waals surface area contributed by atoms with E-state index in [0.29, 0.717) is 12.2 Å². The Labute approximate surface area is 112 Å². The van der Waals surface area contributed by atoms with Gasteiger partial charge in [-0.1, -0.05) is 30.3 Å². The largest absolute Gasteiger partial charge is 0.467 e. The molecule has 19 heavy (non-hydrogen) atoms. The number of aryl methyl sites for hydroxylation is 1. The number of carbonyl (C=O) groups excluding carboxylic acids is 1. The normalized spacial score (nSPS) is 11.9. The van der Waals surface area contributed by atoms with Crippen molar-refractivity contribution in [3.05, 3.63) is 47.9 Å². The van der Waals surface area contributed by atoms with Crippen molar-refractivity contribution in [2.75, 3.05) is 12.4 Å². The van der Waals surface area contributed by atoms with Crippen LogP contribution in [0.25, 0.3) is 0 Å². The van der Waals surface area contributed by atoms with E-state index in [-0.39, 0.29) is 5.97 Å². The molecule has 0 radical (unpaired) electrons. The quantitative estimate of drug-likeness (QED) is 0.805. The summed E-state index contributed by atoms with van der Waals surface area (Å²) in [6.07, 6.45) is 2.29. The summed E-state index contributed by atoms with van der Waals surface area (Å²) in [4.78, 5) is 19.0. The van der Waals surface area contributed by atoms with E-state index in [9.17, 15) is 4.79 Å². The first kappa shape index (κ1) is 13.1. The van der Waals surface area contributed by atoms with Crippen LogP contribution in [0.2, 0.25) is 0 Å². The lowest BCUT2D eigenvalue weighted by molar-refractivity contribution is -0.141. The van der Waals surface area contributed by atoms with Crippen LogP contribution in [0.3, 0.4) is 0 Å². The molecule has 0 saturated carbocycles. The molecule has 1 aromatic heterocycles. The van der Waals surface area contributed by atoms with E-state index in [4.69, 9.17) is 4.74 Å². The zero-order valence-electron chi connectivity index (χ0n) is 11.0. The van der Waals surface area contributed by atoms with Gasteiger partial charge in [0.1, 0.15) is 17.7 Å². The molecule has 0 unspecified atom stereocenters. The molecular formula is C14H17N3O2. The van der Waals surface area contributed by atoms with Crippen molar-refractivity contribution < 1.29 is 9.53 Å². The Morgan fingerprint density at radius 1 is 1.42 bits per heavy atom. The zero-order valence-corrected chi connectivity index (χ0v) is 11.0. The molecule has 100 valence electrons. The maximum atomic E-state index is 11.8. The number of imidazole rings is 1. The molecule has 0 aliphatic heterocycles. The standard InChI is InChI=1S/C14H17N3O2/c1-10-15-9-13(16-10)17-12(14(18)19-2)8-11-6-4-3-5-7-11/h3-7,9,12,17H,8H2,1-2H3,(H,15,16)/t12-/m0/s1. The average molecular weight is 259 g/mol. The Hall–Kier alpha value is -2.30. The fraction of sp³-hybridized carbons (Fsp3) is 0.286. The lowest BCUT2D eigenvalue weighted by Gasteiger charge is -2.16. The van der Waals surface area contributed by atoms with Crippen molar-refractivity contribution in [2.24, 2.45) is 0 Å². The second kappa shape index (κ2) is 6.04. The molecule has 2 rings (SSSR count). The van der Waals surface area contributed by atoms with E-state index in [2.05, 4.69) is 15.3 Å². The van der Waals surface area contributed by atoms with Crippen LogP contribution in [-0.4, -0.2) is 29.1 Å². The van der Waals surface area contributed by atoms with Crippen molar-refractivity contribution in [1.82, 2.24) is 9.97 Å². The van der Waals surface area contributed by atoms with Crippen molar-refractivity contribution >= 4 is 11.8 Å². The molecule has 0 bridgehead atoms. The number of nitrogens with zero attached hydrogens (tertiary/aromatic N) is 1. The third kappa shape index (κ3) is 3.58. The minimum Gasteiger partial charge on any atom is -0.467 e. The summed E-state index contributed by atoms with van der Waals surface area (Å²) in [6, 6.07) is 9.35. The smallest absolute Gasteiger partial charge is 0.328 e. The van der Waals surface area contributed by atoms with Gasteiger partial charge in [-0.3, -0.25) is 0 Å². The summed E-state index contributed by atoms with van der Waals surface area (Å²) in [5.41, 5.74) is 1.07. The number of rotatable bonds is 5. The van der Waals surface area contributed by atoms with Crippen molar-refractivity contribution in [3.63, 3.8) is 0 Å². The number of esters is 1. The van der Waals surface area contributed by atoms with Crippen molar-refractivity contribution in [3.8, 4) is 0 Å². The fourth-order valence-corrected chi connectivity index (χ4v) is 1.86. The number of aromatic nitrogens is 2. The summed E-state index contributed by atoms with van der Waals surface area (Å²) in [5, 5.41) is 3.08. The molecule has 0 aliphatic rings. The predicted molar refractivity (Wildman–Crippen MR) is 72.9 cm³/mol. The number of H-pyrrole nitrogens is 1. The molecule has 0 amide bonds. The van der Waals surface area contributed by atoms with Crippen molar-refractivity contribution in [1.29, 1.82) is 0 Å². The number of nitrogens with one attached hydrogen (secondary N) is 2. The summed E-state index contributed by atoms with van der Waals surface area (Å²) in [5.74, 6) is 1.14. The van der Waals surface area contributed by atoms with E-state index in [1.807, 2.05) is 37.3 Å². The first-order valence-corrected chi connectivity index (χ1v) is 6.09. The van der Waals surface area contributed by atoms with Crippen LogP contribution in [0.4, 0.5) is 5.82 Å². The Balaban J connectivity index is 2.10. The van der Waals surface area contributed by atoms with Gasteiger partial charge in [0.2, 0.25) is 0 Å². The SMILES string of the molecule is COC(=O)[C@H](Cc1ccccc1)Nc1c[nH]c(C)n1. The second-order valence-electron chi connectivity index (χ2n) is 4.28. The van der Waals surface area contributed by atoms with Gasteiger partial charge in [-0.05, 0) is 12.5 Å². The van der Waals surface area contributed by atoms with Crippen LogP contribution in [0.1, 0.15) is 11.4 Å². The third-order valence-corrected chi connectivity index (χ3v) is 2.80. The average Bonchev–Trinajstić information content (AvgIpc) is 2.84. The van der Waals surface area contributed by atoms with Gasteiger partial charge in [0, 0.05) is 12.6 Å². The first-order valence-electron chi connectivity index (χ1n) is 6.09. The molecule has 0 spiro atoms. The number of benzene rings is 1.